The highest BCUT2D eigenvalue weighted by Gasteiger charge is 2.34. The molecule has 2 heterocycles. The zero-order valence-electron chi connectivity index (χ0n) is 14.4. The molecular formula is C17H21ClN4O3S. The van der Waals surface area contributed by atoms with Crippen molar-refractivity contribution in [3.63, 3.8) is 0 Å². The number of sulfonamides is 1. The summed E-state index contributed by atoms with van der Waals surface area (Å²) in [5, 5.41) is 2.88. The van der Waals surface area contributed by atoms with E-state index in [2.05, 4.69) is 10.3 Å². The van der Waals surface area contributed by atoms with E-state index in [1.54, 1.807) is 7.05 Å². The van der Waals surface area contributed by atoms with Crippen LogP contribution in [0.25, 0.3) is 0 Å². The van der Waals surface area contributed by atoms with E-state index in [-0.39, 0.29) is 35.1 Å². The van der Waals surface area contributed by atoms with Gasteiger partial charge in [-0.25, -0.2) is 13.4 Å². The average molecular weight is 397 g/mol. The summed E-state index contributed by atoms with van der Waals surface area (Å²) in [6, 6.07) is 9.68. The Bertz CT molecular complexity index is 875. The number of imidazole rings is 1. The molecule has 0 aliphatic carbocycles. The number of nitrogens with one attached hydrogen (secondary N) is 1. The molecule has 1 saturated heterocycles. The quantitative estimate of drug-likeness (QED) is 0.835. The highest BCUT2D eigenvalue weighted by Crippen LogP contribution is 2.27. The molecular weight excluding hydrogens is 376 g/mol. The van der Waals surface area contributed by atoms with Gasteiger partial charge in [0.1, 0.15) is 5.15 Å². The smallest absolute Gasteiger partial charge is 0.263 e. The van der Waals surface area contributed by atoms with Crippen molar-refractivity contribution in [3.8, 4) is 0 Å². The molecule has 0 saturated carbocycles. The summed E-state index contributed by atoms with van der Waals surface area (Å²) in [7, 11) is -2.10. The van der Waals surface area contributed by atoms with Gasteiger partial charge in [0.05, 0.1) is 6.33 Å². The number of aromatic nitrogens is 2. The van der Waals surface area contributed by atoms with Gasteiger partial charge in [-0.3, -0.25) is 4.79 Å². The van der Waals surface area contributed by atoms with Gasteiger partial charge in [0.25, 0.3) is 10.0 Å². The van der Waals surface area contributed by atoms with Gasteiger partial charge < -0.3 is 9.88 Å². The molecule has 26 heavy (non-hydrogen) atoms. The molecule has 1 aromatic heterocycles. The van der Waals surface area contributed by atoms with Crippen molar-refractivity contribution in [1.82, 2.24) is 19.2 Å². The van der Waals surface area contributed by atoms with Gasteiger partial charge in [0, 0.05) is 32.6 Å². The third-order valence-corrected chi connectivity index (χ3v) is 6.94. The first-order chi connectivity index (χ1) is 12.4. The zero-order valence-corrected chi connectivity index (χ0v) is 16.0. The highest BCUT2D eigenvalue weighted by atomic mass is 35.5. The van der Waals surface area contributed by atoms with Crippen molar-refractivity contribution in [2.24, 2.45) is 13.0 Å². The van der Waals surface area contributed by atoms with Crippen LogP contribution in [0.4, 0.5) is 0 Å². The third kappa shape index (κ3) is 3.92. The lowest BCUT2D eigenvalue weighted by Gasteiger charge is -2.30. The Morgan fingerprint density at radius 1 is 1.27 bits per heavy atom. The average Bonchev–Trinajstić information content (AvgIpc) is 3.00. The normalized spacial score (nSPS) is 16.5. The second-order valence-corrected chi connectivity index (χ2v) is 8.54. The number of halogens is 1. The molecule has 0 atom stereocenters. The maximum absolute atomic E-state index is 12.7. The zero-order chi connectivity index (χ0) is 18.7. The van der Waals surface area contributed by atoms with Gasteiger partial charge in [-0.2, -0.15) is 4.31 Å². The predicted molar refractivity (Wildman–Crippen MR) is 98.0 cm³/mol. The summed E-state index contributed by atoms with van der Waals surface area (Å²) in [5.74, 6) is -0.230. The maximum Gasteiger partial charge on any atom is 0.263 e. The molecule has 0 spiro atoms. The Morgan fingerprint density at radius 3 is 2.50 bits per heavy atom. The Balaban J connectivity index is 1.57. The van der Waals surface area contributed by atoms with Gasteiger partial charge in [0.2, 0.25) is 10.9 Å². The molecule has 2 aromatic rings. The fourth-order valence-electron chi connectivity index (χ4n) is 2.98. The number of amides is 1. The number of hydrogen-bond donors (Lipinski definition) is 1. The van der Waals surface area contributed by atoms with E-state index in [1.807, 2.05) is 30.3 Å². The van der Waals surface area contributed by atoms with Gasteiger partial charge >= 0.3 is 0 Å². The molecule has 140 valence electrons. The fourth-order valence-corrected chi connectivity index (χ4v) is 4.84. The minimum Gasteiger partial charge on any atom is -0.352 e. The summed E-state index contributed by atoms with van der Waals surface area (Å²) in [6.07, 6.45) is 2.33. The van der Waals surface area contributed by atoms with Crippen molar-refractivity contribution in [1.29, 1.82) is 0 Å². The first-order valence-electron chi connectivity index (χ1n) is 8.38. The van der Waals surface area contributed by atoms with Crippen LogP contribution in [-0.4, -0.2) is 41.3 Å². The lowest BCUT2D eigenvalue weighted by Crippen LogP contribution is -2.43. The number of nitrogens with zero attached hydrogens (tertiary/aromatic N) is 3. The molecule has 0 bridgehead atoms. The fraction of sp³-hybridized carbons (Fsp3) is 0.412. The van der Waals surface area contributed by atoms with Crippen LogP contribution in [0.15, 0.2) is 41.7 Å². The van der Waals surface area contributed by atoms with Crippen LogP contribution in [0, 0.1) is 5.92 Å². The Morgan fingerprint density at radius 2 is 1.92 bits per heavy atom. The maximum atomic E-state index is 12.7. The van der Waals surface area contributed by atoms with Crippen molar-refractivity contribution >= 4 is 27.5 Å². The number of benzene rings is 1. The van der Waals surface area contributed by atoms with Crippen LogP contribution in [0.2, 0.25) is 5.15 Å². The minimum atomic E-state index is -3.74. The van der Waals surface area contributed by atoms with E-state index in [0.29, 0.717) is 19.4 Å². The number of aryl methyl sites for hydroxylation is 1. The molecule has 1 amide bonds. The molecule has 1 fully saturated rings. The van der Waals surface area contributed by atoms with Gasteiger partial charge in [-0.15, -0.1) is 0 Å². The first-order valence-corrected chi connectivity index (χ1v) is 10.2. The summed E-state index contributed by atoms with van der Waals surface area (Å²) in [5.41, 5.74) is 1.03. The van der Waals surface area contributed by atoms with Gasteiger partial charge in [-0.05, 0) is 18.4 Å². The Kier molecular flexibility index (Phi) is 5.64. The number of carbonyl (C=O) groups is 1. The second kappa shape index (κ2) is 7.77. The molecule has 1 N–H and O–H groups in total. The number of piperidine rings is 1. The van der Waals surface area contributed by atoms with Gasteiger partial charge in [-0.1, -0.05) is 41.9 Å². The van der Waals surface area contributed by atoms with Crippen LogP contribution in [0.5, 0.6) is 0 Å². The van der Waals surface area contributed by atoms with Crippen LogP contribution in [0.3, 0.4) is 0 Å². The molecule has 7 nitrogen and oxygen atoms in total. The number of rotatable bonds is 5. The summed E-state index contributed by atoms with van der Waals surface area (Å²) in [6.45, 7) is 1.03. The van der Waals surface area contributed by atoms with E-state index < -0.39 is 10.0 Å². The SMILES string of the molecule is Cn1cnc(S(=O)(=O)N2CCC(C(=O)NCc3ccccc3)CC2)c1Cl. The predicted octanol–water partition coefficient (Wildman–Crippen LogP) is 1.79. The number of carbonyl (C=O) groups excluding carboxylic acids is 1. The van der Waals surface area contributed by atoms with Gasteiger partial charge in [0.15, 0.2) is 0 Å². The lowest BCUT2D eigenvalue weighted by molar-refractivity contribution is -0.126. The van der Waals surface area contributed by atoms with E-state index in [1.165, 1.54) is 15.2 Å². The Labute approximate surface area is 158 Å². The van der Waals surface area contributed by atoms with E-state index in [0.717, 1.165) is 5.56 Å². The monoisotopic (exact) mass is 396 g/mol. The van der Waals surface area contributed by atoms with Crippen LogP contribution < -0.4 is 5.32 Å². The van der Waals surface area contributed by atoms with E-state index >= 15 is 0 Å². The van der Waals surface area contributed by atoms with Crippen LogP contribution >= 0.6 is 11.6 Å². The van der Waals surface area contributed by atoms with Crippen molar-refractivity contribution in [2.45, 2.75) is 24.4 Å². The molecule has 1 aliphatic heterocycles. The lowest BCUT2D eigenvalue weighted by atomic mass is 9.97. The number of hydrogen-bond acceptors (Lipinski definition) is 4. The molecule has 0 unspecified atom stereocenters. The third-order valence-electron chi connectivity index (χ3n) is 4.55. The summed E-state index contributed by atoms with van der Waals surface area (Å²) < 4.78 is 28.2. The molecule has 3 rings (SSSR count). The summed E-state index contributed by atoms with van der Waals surface area (Å²) >= 11 is 6.02. The highest BCUT2D eigenvalue weighted by molar-refractivity contribution is 7.89. The largest absolute Gasteiger partial charge is 0.352 e. The molecule has 9 heteroatoms. The minimum absolute atomic E-state index is 0.0400. The molecule has 1 aromatic carbocycles. The molecule has 0 radical (unpaired) electrons. The topological polar surface area (TPSA) is 84.3 Å². The van der Waals surface area contributed by atoms with E-state index in [4.69, 9.17) is 11.6 Å². The Hall–Kier alpha value is -1.90. The first kappa shape index (κ1) is 18.9. The standard InChI is InChI=1S/C17H21ClN4O3S/c1-21-12-20-17(15(21)18)26(24,25)22-9-7-14(8-10-22)16(23)19-11-13-5-3-2-4-6-13/h2-6,12,14H,7-11H2,1H3,(H,19,23). The van der Waals surface area contributed by atoms with Crippen LogP contribution in [0.1, 0.15) is 18.4 Å². The molecule has 1 aliphatic rings. The van der Waals surface area contributed by atoms with E-state index in [9.17, 15) is 13.2 Å². The summed E-state index contributed by atoms with van der Waals surface area (Å²) in [4.78, 5) is 16.2. The second-order valence-electron chi connectivity index (χ2n) is 6.33. The van der Waals surface area contributed by atoms with Crippen molar-refractivity contribution < 1.29 is 13.2 Å². The van der Waals surface area contributed by atoms with Crippen LogP contribution in [-0.2, 0) is 28.4 Å². The van der Waals surface area contributed by atoms with Crippen molar-refractivity contribution in [3.05, 3.63) is 47.4 Å². The van der Waals surface area contributed by atoms with Crippen molar-refractivity contribution in [2.75, 3.05) is 13.1 Å².